The number of aliphatic hydroxyl groups excluding tert-OH is 2. The van der Waals surface area contributed by atoms with Gasteiger partial charge in [0.15, 0.2) is 5.15 Å². The summed E-state index contributed by atoms with van der Waals surface area (Å²) in [6, 6.07) is 5.72. The van der Waals surface area contributed by atoms with Crippen molar-refractivity contribution in [3.8, 4) is 11.8 Å². The molecule has 0 aliphatic heterocycles. The van der Waals surface area contributed by atoms with Crippen LogP contribution < -0.4 is 11.1 Å². The van der Waals surface area contributed by atoms with Crippen LogP contribution in [0.2, 0.25) is 5.15 Å². The normalized spacial score (nSPS) is 18.3. The first-order chi connectivity index (χ1) is 12.7. The standard InChI is InChI=1S/C17H18ClN5O.CH4O/c18-15-14(7-6-12-3-1-2-8-20-12)16(23-17(19)22-15)21-13-5-4-11(9-13)10-24;1-2/h1-3,8,11,13,24H,4-5,9-10H2,(H3,19,21,22,23);2H,1H3. The average molecular weight is 376 g/mol. The van der Waals surface area contributed by atoms with Crippen LogP contribution in [0, 0.1) is 17.8 Å². The molecule has 26 heavy (non-hydrogen) atoms. The monoisotopic (exact) mass is 375 g/mol. The highest BCUT2D eigenvalue weighted by Crippen LogP contribution is 2.29. The number of rotatable bonds is 3. The third-order valence-corrected chi connectivity index (χ3v) is 4.28. The Kier molecular flexibility index (Phi) is 7.60. The fourth-order valence-corrected chi connectivity index (χ4v) is 3.02. The summed E-state index contributed by atoms with van der Waals surface area (Å²) in [4.78, 5) is 12.4. The molecule has 1 aliphatic carbocycles. The first-order valence-corrected chi connectivity index (χ1v) is 8.61. The molecule has 138 valence electrons. The van der Waals surface area contributed by atoms with Crippen LogP contribution in [0.25, 0.3) is 0 Å². The molecule has 2 unspecified atom stereocenters. The fourth-order valence-electron chi connectivity index (χ4n) is 2.79. The number of hydrogen-bond donors (Lipinski definition) is 4. The first kappa shape index (κ1) is 19.9. The lowest BCUT2D eigenvalue weighted by Crippen LogP contribution is -2.19. The summed E-state index contributed by atoms with van der Waals surface area (Å²) in [5.74, 6) is 6.89. The largest absolute Gasteiger partial charge is 0.400 e. The molecule has 8 heteroatoms. The molecule has 2 atom stereocenters. The summed E-state index contributed by atoms with van der Waals surface area (Å²) in [5.41, 5.74) is 6.86. The van der Waals surface area contributed by atoms with Gasteiger partial charge in [0.25, 0.3) is 0 Å². The number of nitrogens with zero attached hydrogens (tertiary/aromatic N) is 3. The maximum atomic E-state index is 9.28. The smallest absolute Gasteiger partial charge is 0.223 e. The Bertz CT molecular complexity index is 776. The molecule has 2 aromatic rings. The van der Waals surface area contributed by atoms with E-state index in [2.05, 4.69) is 32.1 Å². The van der Waals surface area contributed by atoms with E-state index < -0.39 is 0 Å². The quantitative estimate of drug-likeness (QED) is 0.476. The minimum atomic E-state index is 0.0996. The second-order valence-electron chi connectivity index (χ2n) is 5.76. The van der Waals surface area contributed by atoms with Crippen molar-refractivity contribution in [2.75, 3.05) is 24.8 Å². The van der Waals surface area contributed by atoms with Crippen LogP contribution in [0.5, 0.6) is 0 Å². The van der Waals surface area contributed by atoms with Crippen LogP contribution in [0.15, 0.2) is 24.4 Å². The van der Waals surface area contributed by atoms with Crippen LogP contribution in [0.1, 0.15) is 30.5 Å². The Morgan fingerprint density at radius 3 is 2.73 bits per heavy atom. The van der Waals surface area contributed by atoms with Crippen molar-refractivity contribution in [1.29, 1.82) is 0 Å². The average Bonchev–Trinajstić information content (AvgIpc) is 3.11. The van der Waals surface area contributed by atoms with E-state index in [1.54, 1.807) is 6.20 Å². The van der Waals surface area contributed by atoms with Crippen molar-refractivity contribution < 1.29 is 10.2 Å². The van der Waals surface area contributed by atoms with Gasteiger partial charge in [-0.05, 0) is 43.2 Å². The predicted molar refractivity (Wildman–Crippen MR) is 102 cm³/mol. The van der Waals surface area contributed by atoms with E-state index in [1.165, 1.54) is 0 Å². The number of aromatic nitrogens is 3. The van der Waals surface area contributed by atoms with E-state index in [4.69, 9.17) is 22.4 Å². The molecule has 0 spiro atoms. The van der Waals surface area contributed by atoms with E-state index in [0.717, 1.165) is 26.4 Å². The topological polar surface area (TPSA) is 117 Å². The van der Waals surface area contributed by atoms with E-state index in [9.17, 15) is 5.11 Å². The molecule has 2 heterocycles. The molecule has 5 N–H and O–H groups in total. The molecule has 1 saturated carbocycles. The van der Waals surface area contributed by atoms with Crippen molar-refractivity contribution in [2.24, 2.45) is 5.92 Å². The molecule has 2 aromatic heterocycles. The molecule has 7 nitrogen and oxygen atoms in total. The Morgan fingerprint density at radius 1 is 1.27 bits per heavy atom. The number of nitrogens with two attached hydrogens (primary N) is 1. The highest BCUT2D eigenvalue weighted by Gasteiger charge is 2.25. The predicted octanol–water partition coefficient (Wildman–Crippen LogP) is 1.69. The van der Waals surface area contributed by atoms with E-state index in [0.29, 0.717) is 23.0 Å². The SMILES string of the molecule is CO.Nc1nc(Cl)c(C#Cc2ccccn2)c(NC2CCC(CO)C2)n1. The van der Waals surface area contributed by atoms with Crippen molar-refractivity contribution in [2.45, 2.75) is 25.3 Å². The van der Waals surface area contributed by atoms with Crippen molar-refractivity contribution in [3.05, 3.63) is 40.8 Å². The lowest BCUT2D eigenvalue weighted by atomic mass is 10.1. The Balaban J connectivity index is 0.00000117. The van der Waals surface area contributed by atoms with Gasteiger partial charge in [-0.1, -0.05) is 23.6 Å². The van der Waals surface area contributed by atoms with Gasteiger partial charge >= 0.3 is 0 Å². The summed E-state index contributed by atoms with van der Waals surface area (Å²) in [6.45, 7) is 0.206. The molecule has 3 rings (SSSR count). The molecule has 0 amide bonds. The molecule has 0 bridgehead atoms. The highest BCUT2D eigenvalue weighted by molar-refractivity contribution is 6.31. The van der Waals surface area contributed by atoms with Gasteiger partial charge in [0.05, 0.1) is 0 Å². The third-order valence-electron chi connectivity index (χ3n) is 4.00. The Labute approximate surface area is 157 Å². The minimum absolute atomic E-state index is 0.0996. The van der Waals surface area contributed by atoms with Crippen LogP contribution in [0.3, 0.4) is 0 Å². The van der Waals surface area contributed by atoms with Crippen LogP contribution in [0.4, 0.5) is 11.8 Å². The van der Waals surface area contributed by atoms with Gasteiger partial charge in [-0.25, -0.2) is 4.98 Å². The number of aliphatic hydroxyl groups is 2. The number of anilines is 2. The summed E-state index contributed by atoms with van der Waals surface area (Å²) in [5, 5.41) is 19.8. The van der Waals surface area contributed by atoms with Crippen molar-refractivity contribution in [3.63, 3.8) is 0 Å². The minimum Gasteiger partial charge on any atom is -0.400 e. The zero-order valence-electron chi connectivity index (χ0n) is 14.5. The molecule has 1 fully saturated rings. The zero-order chi connectivity index (χ0) is 18.9. The van der Waals surface area contributed by atoms with Crippen LogP contribution in [-0.4, -0.2) is 44.9 Å². The van der Waals surface area contributed by atoms with Crippen molar-refractivity contribution >= 4 is 23.4 Å². The van der Waals surface area contributed by atoms with Gasteiger partial charge in [-0.15, -0.1) is 0 Å². The van der Waals surface area contributed by atoms with E-state index in [1.807, 2.05) is 18.2 Å². The fraction of sp³-hybridized carbons (Fsp3) is 0.389. The van der Waals surface area contributed by atoms with Crippen molar-refractivity contribution in [1.82, 2.24) is 15.0 Å². The molecule has 0 saturated heterocycles. The lowest BCUT2D eigenvalue weighted by Gasteiger charge is -2.15. The second kappa shape index (κ2) is 9.92. The number of hydrogen-bond acceptors (Lipinski definition) is 7. The Morgan fingerprint density at radius 2 is 2.08 bits per heavy atom. The van der Waals surface area contributed by atoms with E-state index in [-0.39, 0.29) is 23.8 Å². The number of nitrogens with one attached hydrogen (secondary N) is 1. The van der Waals surface area contributed by atoms with Crippen LogP contribution >= 0.6 is 11.6 Å². The molecule has 1 aliphatic rings. The Hall–Kier alpha value is -2.40. The van der Waals surface area contributed by atoms with Crippen LogP contribution in [-0.2, 0) is 0 Å². The molecular weight excluding hydrogens is 354 g/mol. The number of pyridine rings is 1. The summed E-state index contributed by atoms with van der Waals surface area (Å²) in [6.07, 6.45) is 4.50. The second-order valence-corrected chi connectivity index (χ2v) is 6.12. The first-order valence-electron chi connectivity index (χ1n) is 8.24. The summed E-state index contributed by atoms with van der Waals surface area (Å²) in [7, 11) is 1.00. The highest BCUT2D eigenvalue weighted by atomic mass is 35.5. The third kappa shape index (κ3) is 5.30. The summed E-state index contributed by atoms with van der Waals surface area (Å²) < 4.78 is 0. The van der Waals surface area contributed by atoms with Gasteiger partial charge < -0.3 is 21.3 Å². The van der Waals surface area contributed by atoms with Gasteiger partial charge in [0, 0.05) is 26.0 Å². The lowest BCUT2D eigenvalue weighted by molar-refractivity contribution is 0.229. The van der Waals surface area contributed by atoms with Gasteiger partial charge in [-0.2, -0.15) is 9.97 Å². The van der Waals surface area contributed by atoms with E-state index >= 15 is 0 Å². The molecule has 0 aromatic carbocycles. The number of nitrogen functional groups attached to an aromatic ring is 1. The number of halogens is 1. The maximum Gasteiger partial charge on any atom is 0.223 e. The van der Waals surface area contributed by atoms with Gasteiger partial charge in [0.2, 0.25) is 5.95 Å². The summed E-state index contributed by atoms with van der Waals surface area (Å²) >= 11 is 6.21. The maximum absolute atomic E-state index is 9.28. The zero-order valence-corrected chi connectivity index (χ0v) is 15.2. The van der Waals surface area contributed by atoms with Gasteiger partial charge in [0.1, 0.15) is 17.1 Å². The molecular formula is C18H22ClN5O2. The van der Waals surface area contributed by atoms with Gasteiger partial charge in [-0.3, -0.25) is 0 Å². The molecule has 0 radical (unpaired) electrons.